The fourth-order valence-electron chi connectivity index (χ4n) is 2.03. The number of methoxy groups -OCH3 is 1. The molecule has 0 aliphatic rings. The van der Waals surface area contributed by atoms with Gasteiger partial charge in [-0.1, -0.05) is 17.7 Å². The van der Waals surface area contributed by atoms with E-state index in [1.165, 1.54) is 20.2 Å². The summed E-state index contributed by atoms with van der Waals surface area (Å²) in [5.74, 6) is -0.0187. The Balaban J connectivity index is 2.29. The van der Waals surface area contributed by atoms with E-state index in [0.29, 0.717) is 22.1 Å². The number of carbonyl (C=O) groups excluding carboxylic acids is 1. The van der Waals surface area contributed by atoms with E-state index in [-0.39, 0.29) is 5.56 Å². The van der Waals surface area contributed by atoms with E-state index in [9.17, 15) is 13.2 Å². The van der Waals surface area contributed by atoms with E-state index in [4.69, 9.17) is 16.3 Å². The summed E-state index contributed by atoms with van der Waals surface area (Å²) in [5.41, 5.74) is 1.18. The van der Waals surface area contributed by atoms with Crippen LogP contribution in [0.5, 0.6) is 5.75 Å². The molecule has 0 unspecified atom stereocenters. The van der Waals surface area contributed by atoms with E-state index >= 15 is 0 Å². The van der Waals surface area contributed by atoms with Gasteiger partial charge < -0.3 is 10.1 Å². The van der Waals surface area contributed by atoms with Crippen molar-refractivity contribution in [2.24, 2.45) is 0 Å². The summed E-state index contributed by atoms with van der Waals surface area (Å²) >= 11 is 5.93. The predicted molar refractivity (Wildman–Crippen MR) is 95.6 cm³/mol. The van der Waals surface area contributed by atoms with E-state index in [2.05, 4.69) is 5.32 Å². The summed E-state index contributed by atoms with van der Waals surface area (Å²) in [6.07, 6.45) is 1.11. The summed E-state index contributed by atoms with van der Waals surface area (Å²) in [5, 5.41) is 3.12. The van der Waals surface area contributed by atoms with E-state index in [0.717, 1.165) is 10.6 Å². The first kappa shape index (κ1) is 18.1. The van der Waals surface area contributed by atoms with Crippen molar-refractivity contribution >= 4 is 38.9 Å². The molecular weight excluding hydrogens is 352 g/mol. The maximum Gasteiger partial charge on any atom is 0.259 e. The minimum absolute atomic E-state index is 0.284. The molecule has 128 valence electrons. The highest BCUT2D eigenvalue weighted by Crippen LogP contribution is 2.25. The highest BCUT2D eigenvalue weighted by Gasteiger charge is 2.15. The molecule has 1 amide bonds. The molecule has 0 spiro atoms. The van der Waals surface area contributed by atoms with Gasteiger partial charge in [0.2, 0.25) is 10.0 Å². The van der Waals surface area contributed by atoms with Crippen LogP contribution in [0.1, 0.15) is 10.4 Å². The molecule has 0 saturated heterocycles. The van der Waals surface area contributed by atoms with Gasteiger partial charge in [-0.2, -0.15) is 0 Å². The number of sulfonamides is 1. The number of ether oxygens (including phenoxy) is 1. The molecule has 0 aromatic heterocycles. The van der Waals surface area contributed by atoms with Crippen LogP contribution < -0.4 is 14.4 Å². The minimum atomic E-state index is -3.39. The van der Waals surface area contributed by atoms with Crippen LogP contribution in [0.4, 0.5) is 11.4 Å². The smallest absolute Gasteiger partial charge is 0.259 e. The first-order chi connectivity index (χ1) is 11.2. The molecule has 2 aromatic rings. The van der Waals surface area contributed by atoms with E-state index in [1.807, 2.05) is 0 Å². The van der Waals surface area contributed by atoms with Crippen molar-refractivity contribution in [1.29, 1.82) is 0 Å². The number of rotatable bonds is 5. The molecule has 6 nitrogen and oxygen atoms in total. The summed E-state index contributed by atoms with van der Waals surface area (Å²) in [6, 6.07) is 11.2. The lowest BCUT2D eigenvalue weighted by atomic mass is 10.1. The van der Waals surface area contributed by atoms with Crippen molar-refractivity contribution in [2.45, 2.75) is 0 Å². The summed E-state index contributed by atoms with van der Waals surface area (Å²) < 4.78 is 29.5. The minimum Gasteiger partial charge on any atom is -0.496 e. The normalized spacial score (nSPS) is 11.0. The molecule has 0 bridgehead atoms. The Bertz CT molecular complexity index is 868. The predicted octanol–water partition coefficient (Wildman–Crippen LogP) is 3.00. The lowest BCUT2D eigenvalue weighted by Gasteiger charge is -2.17. The molecule has 0 aliphatic heterocycles. The number of hydrogen-bond acceptors (Lipinski definition) is 4. The molecule has 24 heavy (non-hydrogen) atoms. The second-order valence-electron chi connectivity index (χ2n) is 5.08. The fraction of sp³-hybridized carbons (Fsp3) is 0.188. The second-order valence-corrected chi connectivity index (χ2v) is 7.53. The van der Waals surface area contributed by atoms with Crippen LogP contribution in [0, 0.1) is 0 Å². The molecule has 2 rings (SSSR count). The number of halogens is 1. The maximum absolute atomic E-state index is 12.4. The standard InChI is InChI=1S/C16H17ClN2O4S/c1-19(24(3,21)22)13-6-4-5-12(10-13)18-16(20)14-9-11(17)7-8-15(14)23-2/h4-10H,1-3H3,(H,18,20). The Morgan fingerprint density at radius 1 is 1.21 bits per heavy atom. The average molecular weight is 369 g/mol. The molecule has 1 N–H and O–H groups in total. The van der Waals surface area contributed by atoms with Crippen molar-refractivity contribution < 1.29 is 17.9 Å². The van der Waals surface area contributed by atoms with Gasteiger partial charge in [-0.25, -0.2) is 8.42 Å². The third kappa shape index (κ3) is 4.18. The number of hydrogen-bond donors (Lipinski definition) is 1. The van der Waals surface area contributed by atoms with Crippen molar-refractivity contribution in [3.05, 3.63) is 53.1 Å². The maximum atomic E-state index is 12.4. The SMILES string of the molecule is COc1ccc(Cl)cc1C(=O)Nc1cccc(N(C)S(C)(=O)=O)c1. The van der Waals surface area contributed by atoms with Gasteiger partial charge in [0.25, 0.3) is 5.91 Å². The van der Waals surface area contributed by atoms with Crippen molar-refractivity contribution in [3.63, 3.8) is 0 Å². The second kappa shape index (κ2) is 7.11. The van der Waals surface area contributed by atoms with Gasteiger partial charge in [-0.05, 0) is 36.4 Å². The largest absolute Gasteiger partial charge is 0.496 e. The summed E-state index contributed by atoms with van der Waals surface area (Å²) in [4.78, 5) is 12.4. The highest BCUT2D eigenvalue weighted by atomic mass is 35.5. The number of nitrogens with one attached hydrogen (secondary N) is 1. The molecule has 0 saturated carbocycles. The van der Waals surface area contributed by atoms with Crippen LogP contribution in [-0.4, -0.2) is 34.7 Å². The van der Waals surface area contributed by atoms with Gasteiger partial charge in [-0.3, -0.25) is 9.10 Å². The fourth-order valence-corrected chi connectivity index (χ4v) is 2.70. The molecule has 2 aromatic carbocycles. The van der Waals surface area contributed by atoms with Gasteiger partial charge in [0.05, 0.1) is 24.6 Å². The monoisotopic (exact) mass is 368 g/mol. The lowest BCUT2D eigenvalue weighted by Crippen LogP contribution is -2.24. The Labute approximate surface area is 146 Å². The van der Waals surface area contributed by atoms with Gasteiger partial charge in [0, 0.05) is 17.8 Å². The van der Waals surface area contributed by atoms with Gasteiger partial charge in [0.15, 0.2) is 0 Å². The van der Waals surface area contributed by atoms with Crippen molar-refractivity contribution in [3.8, 4) is 5.75 Å². The van der Waals surface area contributed by atoms with E-state index < -0.39 is 15.9 Å². The zero-order chi connectivity index (χ0) is 17.9. The number of carbonyl (C=O) groups is 1. The quantitative estimate of drug-likeness (QED) is 0.880. The van der Waals surface area contributed by atoms with Gasteiger partial charge in [0.1, 0.15) is 5.75 Å². The highest BCUT2D eigenvalue weighted by molar-refractivity contribution is 7.92. The zero-order valence-electron chi connectivity index (χ0n) is 13.4. The van der Waals surface area contributed by atoms with Gasteiger partial charge in [-0.15, -0.1) is 0 Å². The average Bonchev–Trinajstić information content (AvgIpc) is 2.53. The Kier molecular flexibility index (Phi) is 5.36. The number of nitrogens with zero attached hydrogens (tertiary/aromatic N) is 1. The zero-order valence-corrected chi connectivity index (χ0v) is 15.0. The molecule has 0 aliphatic carbocycles. The third-order valence-electron chi connectivity index (χ3n) is 3.37. The van der Waals surface area contributed by atoms with Crippen LogP contribution in [0.3, 0.4) is 0 Å². The number of benzene rings is 2. The topological polar surface area (TPSA) is 75.7 Å². The molecule has 0 radical (unpaired) electrons. The summed E-state index contributed by atoms with van der Waals surface area (Å²) in [6.45, 7) is 0. The van der Waals surface area contributed by atoms with Crippen molar-refractivity contribution in [1.82, 2.24) is 0 Å². The lowest BCUT2D eigenvalue weighted by molar-refractivity contribution is 0.102. The molecular formula is C16H17ClN2O4S. The first-order valence-electron chi connectivity index (χ1n) is 6.91. The van der Waals surface area contributed by atoms with E-state index in [1.54, 1.807) is 36.4 Å². The molecule has 0 atom stereocenters. The molecule has 8 heteroatoms. The Morgan fingerprint density at radius 2 is 1.92 bits per heavy atom. The molecule has 0 fully saturated rings. The number of anilines is 2. The summed E-state index contributed by atoms with van der Waals surface area (Å²) in [7, 11) is -0.486. The van der Waals surface area contributed by atoms with Crippen LogP contribution in [0.15, 0.2) is 42.5 Å². The van der Waals surface area contributed by atoms with Crippen LogP contribution in [-0.2, 0) is 10.0 Å². The third-order valence-corrected chi connectivity index (χ3v) is 4.81. The first-order valence-corrected chi connectivity index (χ1v) is 9.14. The van der Waals surface area contributed by atoms with Crippen LogP contribution in [0.2, 0.25) is 5.02 Å². The Hall–Kier alpha value is -2.25. The van der Waals surface area contributed by atoms with Crippen molar-refractivity contribution in [2.75, 3.05) is 30.0 Å². The van der Waals surface area contributed by atoms with Gasteiger partial charge >= 0.3 is 0 Å². The Morgan fingerprint density at radius 3 is 2.54 bits per heavy atom. The molecule has 0 heterocycles. The van der Waals surface area contributed by atoms with Crippen LogP contribution in [0.25, 0.3) is 0 Å². The van der Waals surface area contributed by atoms with Crippen LogP contribution >= 0.6 is 11.6 Å². The number of amides is 1.